The van der Waals surface area contributed by atoms with Crippen LogP contribution in [0.4, 0.5) is 0 Å². The molecule has 0 saturated heterocycles. The van der Waals surface area contributed by atoms with Crippen LogP contribution in [0.3, 0.4) is 0 Å². The molecule has 0 radical (unpaired) electrons. The Morgan fingerprint density at radius 2 is 1.93 bits per heavy atom. The van der Waals surface area contributed by atoms with Crippen LogP contribution in [0.5, 0.6) is 11.6 Å². The second kappa shape index (κ2) is 7.61. The lowest BCUT2D eigenvalue weighted by Gasteiger charge is -2.32. The first-order valence-corrected chi connectivity index (χ1v) is 10.7. The van der Waals surface area contributed by atoms with Crippen LogP contribution in [0, 0.1) is 11.3 Å². The molecule has 4 rings (SSSR count). The molecule has 3 aromatic rings. The number of fused-ring (bicyclic) bond motifs is 3. The Morgan fingerprint density at radius 3 is 2.57 bits per heavy atom. The Morgan fingerprint density at radius 1 is 1.20 bits per heavy atom. The normalized spacial score (nSPS) is 14.9. The van der Waals surface area contributed by atoms with Crippen LogP contribution in [-0.2, 0) is 5.41 Å². The number of hydrogen-bond acceptors (Lipinski definition) is 4. The molecular formula is C24H20BrClN2O2. The van der Waals surface area contributed by atoms with E-state index in [4.69, 9.17) is 26.1 Å². The smallest absolute Gasteiger partial charge is 0.218 e. The standard InChI is InChI=1S/C24H20BrClN2O2/c1-24(2,3)20-16(12-27)19-15-11-13(26)9-10-18(15)30-22(21(19)28-23(20)29-4)14-7-5-6-8-17(14)25/h5-11,22H,1-4H3/t22-/m0/s1. The van der Waals surface area contributed by atoms with Crippen LogP contribution >= 0.6 is 27.5 Å². The molecule has 0 amide bonds. The summed E-state index contributed by atoms with van der Waals surface area (Å²) >= 11 is 9.94. The number of methoxy groups -OCH3 is 1. The molecule has 0 N–H and O–H groups in total. The summed E-state index contributed by atoms with van der Waals surface area (Å²) in [6, 6.07) is 15.7. The number of benzene rings is 2. The molecule has 1 aliphatic rings. The summed E-state index contributed by atoms with van der Waals surface area (Å²) in [6.07, 6.45) is -0.501. The van der Waals surface area contributed by atoms with E-state index in [2.05, 4.69) is 22.0 Å². The van der Waals surface area contributed by atoms with Gasteiger partial charge in [-0.1, -0.05) is 66.5 Å². The van der Waals surface area contributed by atoms with Gasteiger partial charge in [0, 0.05) is 31.7 Å². The van der Waals surface area contributed by atoms with Gasteiger partial charge in [0.15, 0.2) is 6.10 Å². The minimum atomic E-state index is -0.501. The molecule has 2 aromatic carbocycles. The lowest BCUT2D eigenvalue weighted by molar-refractivity contribution is 0.235. The van der Waals surface area contributed by atoms with Gasteiger partial charge in [0.05, 0.1) is 18.4 Å². The predicted molar refractivity (Wildman–Crippen MR) is 121 cm³/mol. The van der Waals surface area contributed by atoms with E-state index in [1.165, 1.54) is 0 Å². The Kier molecular flexibility index (Phi) is 5.25. The lowest BCUT2D eigenvalue weighted by Crippen LogP contribution is -2.23. The van der Waals surface area contributed by atoms with Gasteiger partial charge in [0.1, 0.15) is 11.8 Å². The first kappa shape index (κ1) is 20.7. The van der Waals surface area contributed by atoms with Crippen LogP contribution in [0.25, 0.3) is 11.1 Å². The van der Waals surface area contributed by atoms with Crippen molar-refractivity contribution in [3.05, 3.63) is 74.3 Å². The molecule has 2 heterocycles. The quantitative estimate of drug-likeness (QED) is 0.401. The van der Waals surface area contributed by atoms with Crippen LogP contribution in [0.15, 0.2) is 46.9 Å². The first-order chi connectivity index (χ1) is 14.3. The van der Waals surface area contributed by atoms with Crippen molar-refractivity contribution in [1.29, 1.82) is 5.26 Å². The lowest BCUT2D eigenvalue weighted by atomic mass is 9.80. The van der Waals surface area contributed by atoms with Gasteiger partial charge in [-0.25, -0.2) is 4.98 Å². The highest BCUT2D eigenvalue weighted by atomic mass is 79.9. The summed E-state index contributed by atoms with van der Waals surface area (Å²) in [5, 5.41) is 10.8. The highest BCUT2D eigenvalue weighted by molar-refractivity contribution is 9.10. The van der Waals surface area contributed by atoms with Crippen molar-refractivity contribution in [2.45, 2.75) is 32.3 Å². The number of hydrogen-bond donors (Lipinski definition) is 0. The molecular weight excluding hydrogens is 464 g/mol. The summed E-state index contributed by atoms with van der Waals surface area (Å²) in [6.45, 7) is 6.13. The van der Waals surface area contributed by atoms with Crippen molar-refractivity contribution in [1.82, 2.24) is 4.98 Å². The van der Waals surface area contributed by atoms with E-state index in [1.807, 2.05) is 57.2 Å². The van der Waals surface area contributed by atoms with Crippen LogP contribution in [-0.4, -0.2) is 12.1 Å². The van der Waals surface area contributed by atoms with E-state index < -0.39 is 6.10 Å². The van der Waals surface area contributed by atoms with Gasteiger partial charge in [0.2, 0.25) is 5.88 Å². The monoisotopic (exact) mass is 482 g/mol. The number of nitrogens with zero attached hydrogens (tertiary/aromatic N) is 2. The zero-order valence-corrected chi connectivity index (χ0v) is 19.4. The van der Waals surface area contributed by atoms with Crippen molar-refractivity contribution in [3.8, 4) is 28.8 Å². The minimum absolute atomic E-state index is 0.349. The van der Waals surface area contributed by atoms with Gasteiger partial charge in [-0.2, -0.15) is 5.26 Å². The number of pyridine rings is 1. The van der Waals surface area contributed by atoms with Crippen molar-refractivity contribution < 1.29 is 9.47 Å². The molecule has 4 nitrogen and oxygen atoms in total. The molecule has 30 heavy (non-hydrogen) atoms. The highest BCUT2D eigenvalue weighted by Crippen LogP contribution is 2.50. The molecule has 0 aliphatic carbocycles. The second-order valence-corrected chi connectivity index (χ2v) is 9.44. The van der Waals surface area contributed by atoms with Crippen molar-refractivity contribution >= 4 is 27.5 Å². The van der Waals surface area contributed by atoms with Crippen molar-refractivity contribution in [3.63, 3.8) is 0 Å². The molecule has 152 valence electrons. The summed E-state index contributed by atoms with van der Waals surface area (Å²) in [5.74, 6) is 1.10. The molecule has 6 heteroatoms. The van der Waals surface area contributed by atoms with Gasteiger partial charge in [0.25, 0.3) is 0 Å². The zero-order valence-electron chi connectivity index (χ0n) is 17.1. The van der Waals surface area contributed by atoms with Crippen molar-refractivity contribution in [2.75, 3.05) is 7.11 Å². The largest absolute Gasteiger partial charge is 0.481 e. The van der Waals surface area contributed by atoms with E-state index in [0.717, 1.165) is 26.7 Å². The summed E-state index contributed by atoms with van der Waals surface area (Å²) < 4.78 is 12.9. The summed E-state index contributed by atoms with van der Waals surface area (Å²) in [5.41, 5.74) is 4.02. The molecule has 0 saturated carbocycles. The van der Waals surface area contributed by atoms with Gasteiger partial charge in [-0.3, -0.25) is 0 Å². The third-order valence-corrected chi connectivity index (χ3v) is 6.10. The first-order valence-electron chi connectivity index (χ1n) is 9.49. The number of aromatic nitrogens is 1. The second-order valence-electron chi connectivity index (χ2n) is 8.15. The Bertz CT molecular complexity index is 1200. The maximum atomic E-state index is 10.2. The van der Waals surface area contributed by atoms with Gasteiger partial charge >= 0.3 is 0 Å². The van der Waals surface area contributed by atoms with E-state index in [9.17, 15) is 5.26 Å². The average molecular weight is 484 g/mol. The number of nitriles is 1. The van der Waals surface area contributed by atoms with Gasteiger partial charge < -0.3 is 9.47 Å². The Hall–Kier alpha value is -2.55. The maximum Gasteiger partial charge on any atom is 0.218 e. The third-order valence-electron chi connectivity index (χ3n) is 5.14. The van der Waals surface area contributed by atoms with Crippen LogP contribution in [0.1, 0.15) is 49.3 Å². The third kappa shape index (κ3) is 3.34. The van der Waals surface area contributed by atoms with Crippen LogP contribution < -0.4 is 9.47 Å². The molecule has 0 bridgehead atoms. The fourth-order valence-electron chi connectivity index (χ4n) is 3.88. The molecule has 0 unspecified atom stereocenters. The fraction of sp³-hybridized carbons (Fsp3) is 0.250. The molecule has 0 fully saturated rings. The Balaban J connectivity index is 2.14. The summed E-state index contributed by atoms with van der Waals surface area (Å²) in [7, 11) is 1.58. The average Bonchev–Trinajstić information content (AvgIpc) is 2.71. The molecule has 0 spiro atoms. The molecule has 1 aromatic heterocycles. The van der Waals surface area contributed by atoms with E-state index in [-0.39, 0.29) is 5.41 Å². The van der Waals surface area contributed by atoms with E-state index in [1.54, 1.807) is 13.2 Å². The number of ether oxygens (including phenoxy) is 2. The minimum Gasteiger partial charge on any atom is -0.481 e. The number of rotatable bonds is 2. The summed E-state index contributed by atoms with van der Waals surface area (Å²) in [4.78, 5) is 4.87. The SMILES string of the molecule is COc1nc2c(c(C#N)c1C(C)(C)C)-c1cc(Cl)ccc1O[C@H]2c1ccccc1Br. The maximum absolute atomic E-state index is 10.2. The molecule has 1 atom stereocenters. The highest BCUT2D eigenvalue weighted by Gasteiger charge is 2.37. The predicted octanol–water partition coefficient (Wildman–Crippen LogP) is 6.82. The van der Waals surface area contributed by atoms with Gasteiger partial charge in [-0.15, -0.1) is 0 Å². The van der Waals surface area contributed by atoms with Gasteiger partial charge in [-0.05, 0) is 29.7 Å². The molecule has 1 aliphatic heterocycles. The Labute approximate surface area is 189 Å². The van der Waals surface area contributed by atoms with Crippen molar-refractivity contribution in [2.24, 2.45) is 0 Å². The number of halogens is 2. The van der Waals surface area contributed by atoms with E-state index in [0.29, 0.717) is 27.9 Å². The zero-order chi connectivity index (χ0) is 21.6. The van der Waals surface area contributed by atoms with Crippen LogP contribution in [0.2, 0.25) is 5.02 Å². The topological polar surface area (TPSA) is 55.1 Å². The van der Waals surface area contributed by atoms with E-state index >= 15 is 0 Å². The fourth-order valence-corrected chi connectivity index (χ4v) is 4.55.